The molecule has 1 aromatic rings. The highest BCUT2D eigenvalue weighted by molar-refractivity contribution is 5.92. The number of carbonyl (C=O) groups is 2. The monoisotopic (exact) mass is 430 g/mol. The van der Waals surface area contributed by atoms with Crippen LogP contribution in [0.15, 0.2) is 54.1 Å². The molecule has 0 saturated heterocycles. The highest BCUT2D eigenvalue weighted by atomic mass is 16.1. The molecule has 0 aromatic heterocycles. The number of rotatable bonds is 5. The zero-order valence-corrected chi connectivity index (χ0v) is 20.0. The Morgan fingerprint density at radius 3 is 2.59 bits per heavy atom. The van der Waals surface area contributed by atoms with Gasteiger partial charge >= 0.3 is 0 Å². The summed E-state index contributed by atoms with van der Waals surface area (Å²) >= 11 is 0. The maximum Gasteiger partial charge on any atom is 0.156 e. The lowest BCUT2D eigenvalue weighted by Gasteiger charge is -2.62. The van der Waals surface area contributed by atoms with Gasteiger partial charge in [0.05, 0.1) is 0 Å². The van der Waals surface area contributed by atoms with Crippen molar-refractivity contribution in [2.45, 2.75) is 78.6 Å². The Bertz CT molecular complexity index is 972. The molecule has 2 saturated carbocycles. The molecule has 32 heavy (non-hydrogen) atoms. The van der Waals surface area contributed by atoms with Gasteiger partial charge in [-0.25, -0.2) is 0 Å². The zero-order chi connectivity index (χ0) is 22.6. The SMILES string of the molecule is CC(=O)[C@H]1CC[C@@]2(C)[C@@H]3C=CC4=CC(=O)CC[C@@]4(C)[C@@H]3CC[C@]12CCCc1ccccc1. The van der Waals surface area contributed by atoms with Crippen molar-refractivity contribution < 1.29 is 9.59 Å². The molecule has 0 bridgehead atoms. The van der Waals surface area contributed by atoms with E-state index in [2.05, 4.69) is 56.3 Å². The van der Waals surface area contributed by atoms with Crippen LogP contribution in [0.1, 0.15) is 77.7 Å². The Morgan fingerprint density at radius 1 is 1.06 bits per heavy atom. The van der Waals surface area contributed by atoms with Crippen LogP contribution in [0.25, 0.3) is 0 Å². The fourth-order valence-electron chi connectivity index (χ4n) is 8.64. The van der Waals surface area contributed by atoms with E-state index >= 15 is 0 Å². The average Bonchev–Trinajstić information content (AvgIpc) is 3.08. The quantitative estimate of drug-likeness (QED) is 0.509. The summed E-state index contributed by atoms with van der Waals surface area (Å²) in [5.74, 6) is 1.99. The van der Waals surface area contributed by atoms with E-state index in [1.807, 2.05) is 13.0 Å². The van der Waals surface area contributed by atoms with Crippen molar-refractivity contribution in [3.63, 3.8) is 0 Å². The third-order valence-corrected chi connectivity index (χ3v) is 10.4. The molecule has 5 rings (SSSR count). The normalized spacial score (nSPS) is 40.3. The van der Waals surface area contributed by atoms with E-state index < -0.39 is 0 Å². The average molecular weight is 431 g/mol. The van der Waals surface area contributed by atoms with Crippen molar-refractivity contribution in [1.29, 1.82) is 0 Å². The van der Waals surface area contributed by atoms with Gasteiger partial charge in [-0.3, -0.25) is 9.59 Å². The van der Waals surface area contributed by atoms with Crippen molar-refractivity contribution in [2.75, 3.05) is 0 Å². The van der Waals surface area contributed by atoms with Gasteiger partial charge in [-0.2, -0.15) is 0 Å². The first-order valence-electron chi connectivity index (χ1n) is 12.8. The fraction of sp³-hybridized carbons (Fsp3) is 0.600. The van der Waals surface area contributed by atoms with Gasteiger partial charge in [0.25, 0.3) is 0 Å². The molecule has 170 valence electrons. The number of allylic oxidation sites excluding steroid dienone is 4. The molecule has 2 nitrogen and oxygen atoms in total. The van der Waals surface area contributed by atoms with Crippen LogP contribution in [-0.4, -0.2) is 11.6 Å². The highest BCUT2D eigenvalue weighted by Gasteiger charge is 2.66. The first-order chi connectivity index (χ1) is 15.3. The van der Waals surface area contributed by atoms with Crippen molar-refractivity contribution in [1.82, 2.24) is 0 Å². The summed E-state index contributed by atoms with van der Waals surface area (Å²) in [4.78, 5) is 25.0. The lowest BCUT2D eigenvalue weighted by Crippen LogP contribution is -2.55. The molecule has 4 aliphatic carbocycles. The summed E-state index contributed by atoms with van der Waals surface area (Å²) in [5.41, 5.74) is 3.05. The third kappa shape index (κ3) is 3.12. The summed E-state index contributed by atoms with van der Waals surface area (Å²) in [7, 11) is 0. The number of hydrogen-bond acceptors (Lipinski definition) is 2. The molecular formula is C30H38O2. The molecule has 4 aliphatic rings. The number of hydrogen-bond donors (Lipinski definition) is 0. The molecule has 1 aromatic carbocycles. The van der Waals surface area contributed by atoms with E-state index in [0.717, 1.165) is 44.9 Å². The zero-order valence-electron chi connectivity index (χ0n) is 20.0. The Morgan fingerprint density at radius 2 is 1.84 bits per heavy atom. The maximum atomic E-state index is 12.9. The molecular weight excluding hydrogens is 392 g/mol. The van der Waals surface area contributed by atoms with Gasteiger partial charge in [0.15, 0.2) is 5.78 Å². The van der Waals surface area contributed by atoms with Gasteiger partial charge in [-0.05, 0) is 104 Å². The predicted octanol–water partition coefficient (Wildman–Crippen LogP) is 6.89. The Balaban J connectivity index is 1.48. The van der Waals surface area contributed by atoms with Gasteiger partial charge in [0, 0.05) is 12.3 Å². The van der Waals surface area contributed by atoms with Crippen molar-refractivity contribution in [2.24, 2.45) is 34.0 Å². The second kappa shape index (κ2) is 7.82. The Labute approximate surface area is 193 Å². The molecule has 0 spiro atoms. The largest absolute Gasteiger partial charge is 0.300 e. The lowest BCUT2D eigenvalue weighted by atomic mass is 9.42. The number of aryl methyl sites for hydroxylation is 1. The van der Waals surface area contributed by atoms with Gasteiger partial charge < -0.3 is 0 Å². The van der Waals surface area contributed by atoms with Crippen LogP contribution >= 0.6 is 0 Å². The standard InChI is InChI=1S/C30H38O2/c1-21(31)25-14-18-29(3)27-12-11-23-20-24(32)13-17-28(23,2)26(27)15-19-30(25,29)16-7-10-22-8-5-4-6-9-22/h4-6,8-9,11-12,20,25-27H,7,10,13-19H2,1-3H3/t25-,26-,27-,28-,29+,30-/m1/s1. The third-order valence-electron chi connectivity index (χ3n) is 10.4. The summed E-state index contributed by atoms with van der Waals surface area (Å²) in [6.07, 6.45) is 16.3. The molecule has 0 radical (unpaired) electrons. The minimum atomic E-state index is 0.112. The number of fused-ring (bicyclic) bond motifs is 5. The molecule has 6 atom stereocenters. The predicted molar refractivity (Wildman–Crippen MR) is 129 cm³/mol. The van der Waals surface area contributed by atoms with E-state index in [0.29, 0.717) is 24.0 Å². The molecule has 0 amide bonds. The van der Waals surface area contributed by atoms with Gasteiger partial charge in [0.1, 0.15) is 5.78 Å². The molecule has 2 heteroatoms. The van der Waals surface area contributed by atoms with Gasteiger partial charge in [-0.1, -0.05) is 56.3 Å². The Hall–Kier alpha value is -1.96. The number of benzene rings is 1. The smallest absolute Gasteiger partial charge is 0.156 e. The fourth-order valence-corrected chi connectivity index (χ4v) is 8.64. The molecule has 2 fully saturated rings. The van der Waals surface area contributed by atoms with E-state index in [1.165, 1.54) is 17.6 Å². The Kier molecular flexibility index (Phi) is 5.34. The van der Waals surface area contributed by atoms with Crippen molar-refractivity contribution >= 4 is 11.6 Å². The van der Waals surface area contributed by atoms with Crippen LogP contribution in [0, 0.1) is 34.0 Å². The van der Waals surface area contributed by atoms with Gasteiger partial charge in [-0.15, -0.1) is 0 Å². The summed E-state index contributed by atoms with van der Waals surface area (Å²) < 4.78 is 0. The van der Waals surface area contributed by atoms with Crippen molar-refractivity contribution in [3.8, 4) is 0 Å². The molecule has 0 aliphatic heterocycles. The number of ketones is 2. The number of Topliss-reactive ketones (excluding diaryl/α,β-unsaturated/α-hetero) is 1. The number of carbonyl (C=O) groups excluding carboxylic acids is 2. The van der Waals surface area contributed by atoms with Gasteiger partial charge in [0.2, 0.25) is 0 Å². The lowest BCUT2D eigenvalue weighted by molar-refractivity contribution is -0.136. The van der Waals surface area contributed by atoms with E-state index in [-0.39, 0.29) is 27.9 Å². The second-order valence-electron chi connectivity index (χ2n) is 11.6. The van der Waals surface area contributed by atoms with Crippen LogP contribution in [0.2, 0.25) is 0 Å². The first-order valence-corrected chi connectivity index (χ1v) is 12.8. The second-order valence-corrected chi connectivity index (χ2v) is 11.6. The minimum absolute atomic E-state index is 0.112. The summed E-state index contributed by atoms with van der Waals surface area (Å²) in [5, 5.41) is 0. The topological polar surface area (TPSA) is 34.1 Å². The highest BCUT2D eigenvalue weighted by Crippen LogP contribution is 2.72. The van der Waals surface area contributed by atoms with Crippen molar-refractivity contribution in [3.05, 3.63) is 59.7 Å². The maximum absolute atomic E-state index is 12.9. The molecule has 0 N–H and O–H groups in total. The van der Waals surface area contributed by atoms with E-state index in [4.69, 9.17) is 0 Å². The summed E-state index contributed by atoms with van der Waals surface area (Å²) in [6, 6.07) is 10.8. The molecule has 0 unspecified atom stereocenters. The van der Waals surface area contributed by atoms with Crippen LogP contribution in [0.5, 0.6) is 0 Å². The molecule has 0 heterocycles. The van der Waals surface area contributed by atoms with Crippen LogP contribution in [-0.2, 0) is 16.0 Å². The minimum Gasteiger partial charge on any atom is -0.300 e. The first kappa shape index (κ1) is 21.9. The van der Waals surface area contributed by atoms with E-state index in [9.17, 15) is 9.59 Å². The summed E-state index contributed by atoms with van der Waals surface area (Å²) in [6.45, 7) is 6.77. The van der Waals surface area contributed by atoms with E-state index in [1.54, 1.807) is 0 Å². The van der Waals surface area contributed by atoms with Crippen LogP contribution in [0.3, 0.4) is 0 Å². The van der Waals surface area contributed by atoms with Crippen LogP contribution < -0.4 is 0 Å². The van der Waals surface area contributed by atoms with Crippen LogP contribution in [0.4, 0.5) is 0 Å².